The van der Waals surface area contributed by atoms with E-state index in [1.54, 1.807) is 0 Å². The first-order chi connectivity index (χ1) is 12.8. The summed E-state index contributed by atoms with van der Waals surface area (Å²) in [4.78, 5) is 24.7. The normalized spacial score (nSPS) is 45.4. The average molecular weight is 370 g/mol. The van der Waals surface area contributed by atoms with Gasteiger partial charge in [-0.05, 0) is 68.1 Å². The van der Waals surface area contributed by atoms with Crippen LogP contribution in [0.5, 0.6) is 0 Å². The highest BCUT2D eigenvalue weighted by atomic mass is 16.5. The second-order valence-electron chi connectivity index (χ2n) is 10.0. The zero-order valence-electron chi connectivity index (χ0n) is 16.6. The molecule has 1 aromatic heterocycles. The van der Waals surface area contributed by atoms with Gasteiger partial charge in [-0.2, -0.15) is 5.10 Å². The Balaban J connectivity index is 1.47. The number of fused-ring (bicyclic) bond motifs is 6. The van der Waals surface area contributed by atoms with Crippen LogP contribution in [0.15, 0.2) is 6.20 Å². The number of rotatable bonds is 1. The van der Waals surface area contributed by atoms with Crippen molar-refractivity contribution in [3.05, 3.63) is 17.5 Å². The average Bonchev–Trinajstić information content (AvgIpc) is 3.19. The van der Waals surface area contributed by atoms with Crippen molar-refractivity contribution in [2.45, 2.75) is 71.8 Å². The third-order valence-corrected chi connectivity index (χ3v) is 8.94. The van der Waals surface area contributed by atoms with Crippen molar-refractivity contribution in [1.29, 1.82) is 0 Å². The number of carbonyl (C=O) groups is 2. The molecule has 0 radical (unpaired) electrons. The molecule has 0 aliphatic heterocycles. The maximum atomic E-state index is 13.1. The highest BCUT2D eigenvalue weighted by Gasteiger charge is 2.62. The summed E-state index contributed by atoms with van der Waals surface area (Å²) in [6.07, 6.45) is 9.41. The Hall–Kier alpha value is -1.65. The van der Waals surface area contributed by atoms with E-state index in [-0.39, 0.29) is 34.6 Å². The number of aromatic amines is 1. The lowest BCUT2D eigenvalue weighted by atomic mass is 9.45. The zero-order chi connectivity index (χ0) is 19.0. The lowest BCUT2D eigenvalue weighted by Crippen LogP contribution is -2.56. The first kappa shape index (κ1) is 17.4. The van der Waals surface area contributed by atoms with E-state index in [0.717, 1.165) is 56.2 Å². The summed E-state index contributed by atoms with van der Waals surface area (Å²) < 4.78 is 5.74. The van der Waals surface area contributed by atoms with E-state index in [0.29, 0.717) is 17.8 Å². The minimum atomic E-state index is -0.148. The van der Waals surface area contributed by atoms with Gasteiger partial charge in [0, 0.05) is 23.8 Å². The molecule has 4 aliphatic rings. The van der Waals surface area contributed by atoms with Gasteiger partial charge in [0.25, 0.3) is 0 Å². The van der Waals surface area contributed by atoms with Crippen molar-refractivity contribution in [2.75, 3.05) is 0 Å². The molecule has 0 saturated heterocycles. The molecule has 0 aromatic carbocycles. The Morgan fingerprint density at radius 1 is 1.15 bits per heavy atom. The van der Waals surface area contributed by atoms with Gasteiger partial charge in [-0.1, -0.05) is 13.8 Å². The fourth-order valence-electron chi connectivity index (χ4n) is 7.73. The highest BCUT2D eigenvalue weighted by Crippen LogP contribution is 2.65. The van der Waals surface area contributed by atoms with Crippen LogP contribution in [-0.2, 0) is 16.0 Å². The van der Waals surface area contributed by atoms with Gasteiger partial charge < -0.3 is 4.74 Å². The molecular formula is C22H30N2O3. The SMILES string of the molecule is CC(=O)O[C@H]1CCC2[C@@H]3CCC4C(=O)c5[nH]ncc5C[C@]4(C)C3CC[C@@]21C. The maximum Gasteiger partial charge on any atom is 0.302 e. The number of nitrogens with zero attached hydrogens (tertiary/aromatic N) is 1. The van der Waals surface area contributed by atoms with Crippen LogP contribution < -0.4 is 0 Å². The molecule has 27 heavy (non-hydrogen) atoms. The second kappa shape index (κ2) is 5.68. The van der Waals surface area contributed by atoms with Crippen LogP contribution >= 0.6 is 0 Å². The molecule has 5 nitrogen and oxygen atoms in total. The molecule has 3 fully saturated rings. The van der Waals surface area contributed by atoms with Crippen LogP contribution in [0.4, 0.5) is 0 Å². The van der Waals surface area contributed by atoms with Crippen LogP contribution in [0.1, 0.15) is 75.3 Å². The number of aromatic nitrogens is 2. The summed E-state index contributed by atoms with van der Waals surface area (Å²) in [6, 6.07) is 0. The standard InChI is InChI=1S/C22H30N2O3/c1-12(25)27-18-7-6-15-14-4-5-17-20(26)19-13(11-23-24-19)10-22(17,3)16(14)8-9-21(15,18)2/h11,14-18H,4-10H2,1-3H3,(H,23,24)/t14-,15?,16?,17?,18-,21-,22+/m0/s1. The molecule has 4 aliphatic carbocycles. The van der Waals surface area contributed by atoms with E-state index in [1.807, 2.05) is 6.20 Å². The molecule has 7 atom stereocenters. The van der Waals surface area contributed by atoms with Crippen molar-refractivity contribution in [3.8, 4) is 0 Å². The van der Waals surface area contributed by atoms with Crippen LogP contribution in [0, 0.1) is 34.5 Å². The summed E-state index contributed by atoms with van der Waals surface area (Å²) in [5.41, 5.74) is 2.01. The predicted octanol–water partition coefficient (Wildman–Crippen LogP) is 3.94. The molecule has 3 unspecified atom stereocenters. The van der Waals surface area contributed by atoms with Crippen molar-refractivity contribution < 1.29 is 14.3 Å². The van der Waals surface area contributed by atoms with Gasteiger partial charge in [0.2, 0.25) is 0 Å². The number of nitrogens with one attached hydrogen (secondary N) is 1. The van der Waals surface area contributed by atoms with E-state index in [4.69, 9.17) is 4.74 Å². The molecular weight excluding hydrogens is 340 g/mol. The molecule has 5 heteroatoms. The molecule has 1 N–H and O–H groups in total. The third kappa shape index (κ3) is 2.26. The topological polar surface area (TPSA) is 72.1 Å². The Bertz CT molecular complexity index is 801. The second-order valence-corrected chi connectivity index (χ2v) is 10.0. The molecule has 146 valence electrons. The van der Waals surface area contributed by atoms with Gasteiger partial charge in [-0.25, -0.2) is 0 Å². The summed E-state index contributed by atoms with van der Waals surface area (Å²) >= 11 is 0. The van der Waals surface area contributed by atoms with Gasteiger partial charge in [-0.3, -0.25) is 14.7 Å². The molecule has 1 aromatic rings. The smallest absolute Gasteiger partial charge is 0.302 e. The van der Waals surface area contributed by atoms with Crippen LogP contribution in [0.2, 0.25) is 0 Å². The number of carbonyl (C=O) groups excluding carboxylic acids is 2. The number of H-pyrrole nitrogens is 1. The van der Waals surface area contributed by atoms with Crippen LogP contribution in [0.3, 0.4) is 0 Å². The largest absolute Gasteiger partial charge is 0.462 e. The molecule has 0 amide bonds. The number of ether oxygens (including phenoxy) is 1. The third-order valence-electron chi connectivity index (χ3n) is 8.94. The fourth-order valence-corrected chi connectivity index (χ4v) is 7.73. The van der Waals surface area contributed by atoms with Gasteiger partial charge in [-0.15, -0.1) is 0 Å². The molecule has 5 rings (SSSR count). The first-order valence-electron chi connectivity index (χ1n) is 10.6. The van der Waals surface area contributed by atoms with Crippen LogP contribution in [0.25, 0.3) is 0 Å². The van der Waals surface area contributed by atoms with Crippen LogP contribution in [-0.4, -0.2) is 28.1 Å². The Labute approximate surface area is 160 Å². The van der Waals surface area contributed by atoms with Gasteiger partial charge in [0.1, 0.15) is 11.8 Å². The van der Waals surface area contributed by atoms with E-state index in [2.05, 4.69) is 24.0 Å². The highest BCUT2D eigenvalue weighted by molar-refractivity contribution is 5.99. The zero-order valence-corrected chi connectivity index (χ0v) is 16.6. The number of esters is 1. The Morgan fingerprint density at radius 3 is 2.70 bits per heavy atom. The van der Waals surface area contributed by atoms with E-state index >= 15 is 0 Å². The minimum Gasteiger partial charge on any atom is -0.462 e. The van der Waals surface area contributed by atoms with E-state index < -0.39 is 0 Å². The maximum absolute atomic E-state index is 13.1. The number of ketones is 1. The summed E-state index contributed by atoms with van der Waals surface area (Å²) in [5, 5.41) is 7.10. The molecule has 0 spiro atoms. The van der Waals surface area contributed by atoms with Gasteiger partial charge in [0.15, 0.2) is 5.78 Å². The van der Waals surface area contributed by atoms with Gasteiger partial charge in [0.05, 0.1) is 6.20 Å². The first-order valence-corrected chi connectivity index (χ1v) is 10.6. The van der Waals surface area contributed by atoms with Crippen molar-refractivity contribution in [2.24, 2.45) is 34.5 Å². The Morgan fingerprint density at radius 2 is 1.93 bits per heavy atom. The predicted molar refractivity (Wildman–Crippen MR) is 100 cm³/mol. The van der Waals surface area contributed by atoms with Crippen molar-refractivity contribution in [3.63, 3.8) is 0 Å². The van der Waals surface area contributed by atoms with Crippen molar-refractivity contribution in [1.82, 2.24) is 10.2 Å². The summed E-state index contributed by atoms with van der Waals surface area (Å²) in [7, 11) is 0. The Kier molecular flexibility index (Phi) is 3.67. The number of hydrogen-bond donors (Lipinski definition) is 1. The van der Waals surface area contributed by atoms with E-state index in [9.17, 15) is 9.59 Å². The quantitative estimate of drug-likeness (QED) is 0.760. The van der Waals surface area contributed by atoms with E-state index in [1.165, 1.54) is 6.92 Å². The molecule has 0 bridgehead atoms. The number of Topliss-reactive ketones (excluding diaryl/α,β-unsaturated/α-hetero) is 1. The minimum absolute atomic E-state index is 0.0394. The number of hydrogen-bond acceptors (Lipinski definition) is 4. The summed E-state index contributed by atoms with van der Waals surface area (Å²) in [5.74, 6) is 2.10. The van der Waals surface area contributed by atoms with Gasteiger partial charge >= 0.3 is 5.97 Å². The van der Waals surface area contributed by atoms with Crippen molar-refractivity contribution >= 4 is 11.8 Å². The molecule has 3 saturated carbocycles. The summed E-state index contributed by atoms with van der Waals surface area (Å²) in [6.45, 7) is 6.25. The molecule has 1 heterocycles. The monoisotopic (exact) mass is 370 g/mol. The fraction of sp³-hybridized carbons (Fsp3) is 0.773. The lowest BCUT2D eigenvalue weighted by molar-refractivity contribution is -0.159. The lowest BCUT2D eigenvalue weighted by Gasteiger charge is -2.59.